The molecule has 1 heterocycles. The summed E-state index contributed by atoms with van der Waals surface area (Å²) in [6, 6.07) is 10.5. The maximum Gasteiger partial charge on any atom is 0.416 e. The highest BCUT2D eigenvalue weighted by atomic mass is 32.2. The first kappa shape index (κ1) is 19.1. The van der Waals surface area contributed by atoms with Crippen LogP contribution in [0.15, 0.2) is 52.1 Å². The third kappa shape index (κ3) is 4.36. The minimum Gasteiger partial charge on any atom is -0.497 e. The van der Waals surface area contributed by atoms with Crippen LogP contribution in [-0.2, 0) is 11.9 Å². The average Bonchev–Trinajstić information content (AvgIpc) is 3.14. The predicted molar refractivity (Wildman–Crippen MR) is 93.8 cm³/mol. The second-order valence-electron chi connectivity index (χ2n) is 5.38. The first-order valence-electron chi connectivity index (χ1n) is 7.76. The fourth-order valence-corrected chi connectivity index (χ4v) is 3.18. The molecule has 0 spiro atoms. The number of thioether (sulfide) groups is 1. The molecule has 0 saturated carbocycles. The van der Waals surface area contributed by atoms with E-state index in [2.05, 4.69) is 10.2 Å². The Morgan fingerprint density at radius 1 is 1.04 bits per heavy atom. The number of benzene rings is 2. The van der Waals surface area contributed by atoms with Crippen LogP contribution in [0.1, 0.15) is 11.1 Å². The van der Waals surface area contributed by atoms with Gasteiger partial charge in [0.05, 0.1) is 25.3 Å². The molecule has 27 heavy (non-hydrogen) atoms. The SMILES string of the molecule is COc1ccc(-c2nnc(SCc3ccccc3C(F)(F)F)o2)c(OC)c1. The summed E-state index contributed by atoms with van der Waals surface area (Å²) in [6.07, 6.45) is -4.41. The van der Waals surface area contributed by atoms with Crippen molar-refractivity contribution in [2.24, 2.45) is 0 Å². The number of nitrogens with zero attached hydrogens (tertiary/aromatic N) is 2. The van der Waals surface area contributed by atoms with E-state index in [1.54, 1.807) is 24.3 Å². The van der Waals surface area contributed by atoms with Crippen LogP contribution >= 0.6 is 11.8 Å². The Bertz CT molecular complexity index is 928. The largest absolute Gasteiger partial charge is 0.497 e. The van der Waals surface area contributed by atoms with Gasteiger partial charge in [0, 0.05) is 11.8 Å². The normalized spacial score (nSPS) is 11.4. The van der Waals surface area contributed by atoms with Crippen molar-refractivity contribution in [2.75, 3.05) is 14.2 Å². The van der Waals surface area contributed by atoms with E-state index in [1.165, 1.54) is 26.4 Å². The van der Waals surface area contributed by atoms with E-state index in [1.807, 2.05) is 0 Å². The number of methoxy groups -OCH3 is 2. The molecule has 2 aromatic carbocycles. The van der Waals surface area contributed by atoms with Crippen molar-refractivity contribution in [2.45, 2.75) is 17.2 Å². The van der Waals surface area contributed by atoms with Crippen molar-refractivity contribution < 1.29 is 27.1 Å². The fourth-order valence-electron chi connectivity index (χ4n) is 2.41. The Hall–Kier alpha value is -2.68. The average molecular weight is 396 g/mol. The summed E-state index contributed by atoms with van der Waals surface area (Å²) in [5, 5.41) is 8.02. The van der Waals surface area contributed by atoms with E-state index in [0.717, 1.165) is 17.8 Å². The van der Waals surface area contributed by atoms with Crippen LogP contribution in [0.3, 0.4) is 0 Å². The Kier molecular flexibility index (Phi) is 5.59. The van der Waals surface area contributed by atoms with Crippen molar-refractivity contribution >= 4 is 11.8 Å². The Labute approximate surface area is 157 Å². The first-order chi connectivity index (χ1) is 12.9. The summed E-state index contributed by atoms with van der Waals surface area (Å²) in [7, 11) is 3.03. The maximum absolute atomic E-state index is 13.1. The molecule has 0 radical (unpaired) electrons. The van der Waals surface area contributed by atoms with Gasteiger partial charge in [-0.3, -0.25) is 0 Å². The third-order valence-corrected chi connectivity index (χ3v) is 4.59. The highest BCUT2D eigenvalue weighted by Gasteiger charge is 2.32. The molecule has 142 valence electrons. The zero-order chi connectivity index (χ0) is 19.4. The molecule has 0 saturated heterocycles. The van der Waals surface area contributed by atoms with Gasteiger partial charge < -0.3 is 13.9 Å². The van der Waals surface area contributed by atoms with Gasteiger partial charge in [0.1, 0.15) is 11.5 Å². The summed E-state index contributed by atoms with van der Waals surface area (Å²) in [5.74, 6) is 1.35. The minimum atomic E-state index is -4.41. The molecular weight excluding hydrogens is 381 g/mol. The summed E-state index contributed by atoms with van der Waals surface area (Å²) in [4.78, 5) is 0. The third-order valence-electron chi connectivity index (χ3n) is 3.72. The molecule has 0 bridgehead atoms. The molecule has 3 aromatic rings. The molecule has 0 aliphatic heterocycles. The molecule has 0 aliphatic rings. The topological polar surface area (TPSA) is 57.4 Å². The number of alkyl halides is 3. The van der Waals surface area contributed by atoms with Crippen molar-refractivity contribution in [3.8, 4) is 23.0 Å². The first-order valence-corrected chi connectivity index (χ1v) is 8.74. The number of ether oxygens (including phenoxy) is 2. The quantitative estimate of drug-likeness (QED) is 0.543. The summed E-state index contributed by atoms with van der Waals surface area (Å²) >= 11 is 1.03. The molecular formula is C18H15F3N2O3S. The van der Waals surface area contributed by atoms with Gasteiger partial charge in [-0.25, -0.2) is 0 Å². The molecule has 5 nitrogen and oxygen atoms in total. The van der Waals surface area contributed by atoms with E-state index in [0.29, 0.717) is 17.1 Å². The van der Waals surface area contributed by atoms with Crippen LogP contribution in [0, 0.1) is 0 Å². The Balaban J connectivity index is 1.78. The lowest BCUT2D eigenvalue weighted by molar-refractivity contribution is -0.138. The molecule has 0 amide bonds. The fraction of sp³-hybridized carbons (Fsp3) is 0.222. The van der Waals surface area contributed by atoms with Crippen LogP contribution in [0.4, 0.5) is 13.2 Å². The van der Waals surface area contributed by atoms with Gasteiger partial charge in [-0.05, 0) is 23.8 Å². The highest BCUT2D eigenvalue weighted by Crippen LogP contribution is 2.36. The van der Waals surface area contributed by atoms with Gasteiger partial charge in [-0.1, -0.05) is 30.0 Å². The summed E-state index contributed by atoms with van der Waals surface area (Å²) < 4.78 is 55.2. The number of rotatable bonds is 6. The van der Waals surface area contributed by atoms with E-state index < -0.39 is 11.7 Å². The van der Waals surface area contributed by atoms with Gasteiger partial charge >= 0.3 is 6.18 Å². The second kappa shape index (κ2) is 7.91. The summed E-state index contributed by atoms with van der Waals surface area (Å²) in [5.41, 5.74) is 0.0409. The van der Waals surface area contributed by atoms with E-state index >= 15 is 0 Å². The highest BCUT2D eigenvalue weighted by molar-refractivity contribution is 7.98. The smallest absolute Gasteiger partial charge is 0.416 e. The second-order valence-corrected chi connectivity index (χ2v) is 6.31. The molecule has 0 N–H and O–H groups in total. The van der Waals surface area contributed by atoms with Crippen LogP contribution in [0.25, 0.3) is 11.5 Å². The summed E-state index contributed by atoms with van der Waals surface area (Å²) in [6.45, 7) is 0. The molecule has 1 aromatic heterocycles. The van der Waals surface area contributed by atoms with Gasteiger partial charge in [-0.2, -0.15) is 13.2 Å². The van der Waals surface area contributed by atoms with Crippen LogP contribution in [0.5, 0.6) is 11.5 Å². The van der Waals surface area contributed by atoms with Crippen LogP contribution < -0.4 is 9.47 Å². The zero-order valence-electron chi connectivity index (χ0n) is 14.4. The van der Waals surface area contributed by atoms with Gasteiger partial charge in [0.15, 0.2) is 0 Å². The zero-order valence-corrected chi connectivity index (χ0v) is 15.2. The Morgan fingerprint density at radius 3 is 2.52 bits per heavy atom. The lowest BCUT2D eigenvalue weighted by Crippen LogP contribution is -2.08. The van der Waals surface area contributed by atoms with Crippen LogP contribution in [-0.4, -0.2) is 24.4 Å². The lowest BCUT2D eigenvalue weighted by Gasteiger charge is -2.11. The Morgan fingerprint density at radius 2 is 1.81 bits per heavy atom. The van der Waals surface area contributed by atoms with Gasteiger partial charge in [0.25, 0.3) is 11.1 Å². The molecule has 0 atom stereocenters. The predicted octanol–water partition coefficient (Wildman–Crippen LogP) is 5.06. The molecule has 0 fully saturated rings. The van der Waals surface area contributed by atoms with Crippen molar-refractivity contribution in [3.05, 3.63) is 53.6 Å². The molecule has 0 aliphatic carbocycles. The van der Waals surface area contributed by atoms with Crippen molar-refractivity contribution in [3.63, 3.8) is 0 Å². The molecule has 9 heteroatoms. The molecule has 3 rings (SSSR count). The minimum absolute atomic E-state index is 0.0526. The number of aromatic nitrogens is 2. The monoisotopic (exact) mass is 396 g/mol. The number of hydrogen-bond donors (Lipinski definition) is 0. The molecule has 0 unspecified atom stereocenters. The van der Waals surface area contributed by atoms with Crippen molar-refractivity contribution in [1.82, 2.24) is 10.2 Å². The van der Waals surface area contributed by atoms with E-state index in [-0.39, 0.29) is 22.4 Å². The van der Waals surface area contributed by atoms with Gasteiger partial charge in [-0.15, -0.1) is 10.2 Å². The maximum atomic E-state index is 13.1. The number of halogens is 3. The number of hydrogen-bond acceptors (Lipinski definition) is 6. The van der Waals surface area contributed by atoms with Gasteiger partial charge in [0.2, 0.25) is 0 Å². The lowest BCUT2D eigenvalue weighted by atomic mass is 10.1. The van der Waals surface area contributed by atoms with Crippen LogP contribution in [0.2, 0.25) is 0 Å². The standard InChI is InChI=1S/C18H15F3N2O3S/c1-24-12-7-8-13(15(9-12)25-2)16-22-23-17(26-16)27-10-11-5-3-4-6-14(11)18(19,20)21/h3-9H,10H2,1-2H3. The van der Waals surface area contributed by atoms with Crippen molar-refractivity contribution in [1.29, 1.82) is 0 Å². The van der Waals surface area contributed by atoms with E-state index in [4.69, 9.17) is 13.9 Å². The van der Waals surface area contributed by atoms with E-state index in [9.17, 15) is 13.2 Å².